The molecule has 140 valence electrons. The van der Waals surface area contributed by atoms with Crippen molar-refractivity contribution in [1.82, 2.24) is 14.7 Å². The summed E-state index contributed by atoms with van der Waals surface area (Å²) in [5, 5.41) is 0.716. The predicted octanol–water partition coefficient (Wildman–Crippen LogP) is 3.20. The molecule has 1 fully saturated rings. The lowest BCUT2D eigenvalue weighted by molar-refractivity contribution is -0.130. The van der Waals surface area contributed by atoms with Gasteiger partial charge in [-0.2, -0.15) is 0 Å². The fourth-order valence-corrected chi connectivity index (χ4v) is 3.20. The number of likely N-dealkylation sites (N-methyl/N-ethyl adjacent to an activating group) is 1. The molecule has 1 aliphatic heterocycles. The van der Waals surface area contributed by atoms with Crippen molar-refractivity contribution in [2.24, 2.45) is 0 Å². The van der Waals surface area contributed by atoms with Gasteiger partial charge in [-0.3, -0.25) is 9.69 Å². The van der Waals surface area contributed by atoms with E-state index < -0.39 is 0 Å². The Hall–Kier alpha value is -1.82. The molecule has 0 bridgehead atoms. The average molecular weight is 376 g/mol. The molecule has 26 heavy (non-hydrogen) atoms. The van der Waals surface area contributed by atoms with Crippen LogP contribution in [0.15, 0.2) is 40.8 Å². The lowest BCUT2D eigenvalue weighted by Crippen LogP contribution is -2.37. The van der Waals surface area contributed by atoms with Crippen LogP contribution in [0.25, 0.3) is 11.3 Å². The number of hydrogen-bond acceptors (Lipinski definition) is 4. The Balaban J connectivity index is 1.58. The Labute approximate surface area is 160 Å². The van der Waals surface area contributed by atoms with E-state index >= 15 is 0 Å². The van der Waals surface area contributed by atoms with Gasteiger partial charge in [0.1, 0.15) is 11.5 Å². The second-order valence-corrected chi connectivity index (χ2v) is 7.42. The number of amides is 1. The van der Waals surface area contributed by atoms with Crippen molar-refractivity contribution < 1.29 is 9.21 Å². The standard InChI is InChI=1S/C20H26ClN3O2/c1-22(2)11-13-24-14-12-23(10-9-20(24)25)15-18-7-8-19(26-18)16-3-5-17(21)6-4-16/h3-8H,9-15H2,1-2H3. The van der Waals surface area contributed by atoms with Crippen LogP contribution in [0.3, 0.4) is 0 Å². The maximum absolute atomic E-state index is 12.3. The molecule has 0 spiro atoms. The zero-order valence-electron chi connectivity index (χ0n) is 15.4. The van der Waals surface area contributed by atoms with Crippen molar-refractivity contribution in [2.45, 2.75) is 13.0 Å². The summed E-state index contributed by atoms with van der Waals surface area (Å²) < 4.78 is 6.00. The normalized spacial score (nSPS) is 16.3. The summed E-state index contributed by atoms with van der Waals surface area (Å²) in [6, 6.07) is 11.6. The average Bonchev–Trinajstić information content (AvgIpc) is 3.00. The lowest BCUT2D eigenvalue weighted by Gasteiger charge is -2.23. The first-order chi connectivity index (χ1) is 12.5. The summed E-state index contributed by atoms with van der Waals surface area (Å²) >= 11 is 5.94. The number of furan rings is 1. The first-order valence-corrected chi connectivity index (χ1v) is 9.38. The van der Waals surface area contributed by atoms with Gasteiger partial charge in [-0.25, -0.2) is 0 Å². The van der Waals surface area contributed by atoms with Crippen LogP contribution in [0.2, 0.25) is 5.02 Å². The summed E-state index contributed by atoms with van der Waals surface area (Å²) in [5.74, 6) is 2.01. The van der Waals surface area contributed by atoms with Gasteiger partial charge in [0.15, 0.2) is 0 Å². The second-order valence-electron chi connectivity index (χ2n) is 6.98. The van der Waals surface area contributed by atoms with Gasteiger partial charge in [0.2, 0.25) is 5.91 Å². The number of carbonyl (C=O) groups excluding carboxylic acids is 1. The number of carbonyl (C=O) groups is 1. The van der Waals surface area contributed by atoms with Crippen molar-refractivity contribution in [3.05, 3.63) is 47.2 Å². The molecule has 2 heterocycles. The van der Waals surface area contributed by atoms with E-state index in [-0.39, 0.29) is 5.91 Å². The Morgan fingerprint density at radius 3 is 2.58 bits per heavy atom. The highest BCUT2D eigenvalue weighted by Gasteiger charge is 2.21. The molecular weight excluding hydrogens is 350 g/mol. The fourth-order valence-electron chi connectivity index (χ4n) is 3.08. The predicted molar refractivity (Wildman–Crippen MR) is 104 cm³/mol. The van der Waals surface area contributed by atoms with Gasteiger partial charge in [-0.15, -0.1) is 0 Å². The van der Waals surface area contributed by atoms with Gasteiger partial charge in [0, 0.05) is 49.7 Å². The van der Waals surface area contributed by atoms with Crippen LogP contribution in [-0.4, -0.2) is 67.4 Å². The summed E-state index contributed by atoms with van der Waals surface area (Å²) in [4.78, 5) is 18.7. The second kappa shape index (κ2) is 8.71. The quantitative estimate of drug-likeness (QED) is 0.777. The van der Waals surface area contributed by atoms with Crippen molar-refractivity contribution in [3.8, 4) is 11.3 Å². The van der Waals surface area contributed by atoms with Crippen LogP contribution in [0.4, 0.5) is 0 Å². The zero-order valence-corrected chi connectivity index (χ0v) is 16.2. The number of benzene rings is 1. The molecule has 5 nitrogen and oxygen atoms in total. The molecule has 3 rings (SSSR count). The molecule has 1 saturated heterocycles. The van der Waals surface area contributed by atoms with Gasteiger partial charge in [0.05, 0.1) is 6.54 Å². The zero-order chi connectivity index (χ0) is 18.5. The highest BCUT2D eigenvalue weighted by atomic mass is 35.5. The Morgan fingerprint density at radius 2 is 1.85 bits per heavy atom. The van der Waals surface area contributed by atoms with Gasteiger partial charge in [-0.05, 0) is 50.5 Å². The number of rotatable bonds is 6. The van der Waals surface area contributed by atoms with Crippen LogP contribution in [0, 0.1) is 0 Å². The Kier molecular flexibility index (Phi) is 6.35. The SMILES string of the molecule is CN(C)CCN1CCN(Cc2ccc(-c3ccc(Cl)cc3)o2)CCC1=O. The van der Waals surface area contributed by atoms with Crippen molar-refractivity contribution in [1.29, 1.82) is 0 Å². The largest absolute Gasteiger partial charge is 0.460 e. The fraction of sp³-hybridized carbons (Fsp3) is 0.450. The lowest BCUT2D eigenvalue weighted by atomic mass is 10.2. The van der Waals surface area contributed by atoms with Gasteiger partial charge < -0.3 is 14.2 Å². The van der Waals surface area contributed by atoms with E-state index in [1.165, 1.54) is 0 Å². The van der Waals surface area contributed by atoms with E-state index in [2.05, 4.69) is 9.80 Å². The molecule has 1 aromatic carbocycles. The molecule has 0 atom stereocenters. The molecule has 0 unspecified atom stereocenters. The van der Waals surface area contributed by atoms with Crippen LogP contribution in [0.1, 0.15) is 12.2 Å². The van der Waals surface area contributed by atoms with Crippen molar-refractivity contribution in [3.63, 3.8) is 0 Å². The minimum absolute atomic E-state index is 0.246. The summed E-state index contributed by atoms with van der Waals surface area (Å²) in [7, 11) is 4.06. The van der Waals surface area contributed by atoms with E-state index in [9.17, 15) is 4.79 Å². The molecular formula is C20H26ClN3O2. The molecule has 0 saturated carbocycles. The van der Waals surface area contributed by atoms with E-state index in [4.69, 9.17) is 16.0 Å². The molecule has 2 aromatic rings. The van der Waals surface area contributed by atoms with Gasteiger partial charge >= 0.3 is 0 Å². The first kappa shape index (κ1) is 19.0. The third kappa shape index (κ3) is 5.10. The minimum Gasteiger partial charge on any atom is -0.460 e. The van der Waals surface area contributed by atoms with Crippen molar-refractivity contribution >= 4 is 17.5 Å². The highest BCUT2D eigenvalue weighted by molar-refractivity contribution is 6.30. The molecule has 1 aromatic heterocycles. The Bertz CT molecular complexity index is 727. The topological polar surface area (TPSA) is 39.9 Å². The molecule has 0 N–H and O–H groups in total. The molecule has 0 aliphatic carbocycles. The van der Waals surface area contributed by atoms with E-state index in [0.29, 0.717) is 11.4 Å². The number of hydrogen-bond donors (Lipinski definition) is 0. The van der Waals surface area contributed by atoms with E-state index in [1.807, 2.05) is 55.4 Å². The van der Waals surface area contributed by atoms with Crippen LogP contribution in [0.5, 0.6) is 0 Å². The molecule has 0 radical (unpaired) electrons. The smallest absolute Gasteiger partial charge is 0.223 e. The minimum atomic E-state index is 0.246. The Morgan fingerprint density at radius 1 is 1.08 bits per heavy atom. The summed E-state index contributed by atoms with van der Waals surface area (Å²) in [6.45, 7) is 4.83. The molecule has 6 heteroatoms. The third-order valence-electron chi connectivity index (χ3n) is 4.67. The van der Waals surface area contributed by atoms with Crippen LogP contribution in [-0.2, 0) is 11.3 Å². The molecule has 1 aliphatic rings. The van der Waals surface area contributed by atoms with Crippen LogP contribution < -0.4 is 0 Å². The van der Waals surface area contributed by atoms with Crippen molar-refractivity contribution in [2.75, 3.05) is 46.8 Å². The monoisotopic (exact) mass is 375 g/mol. The highest BCUT2D eigenvalue weighted by Crippen LogP contribution is 2.24. The van der Waals surface area contributed by atoms with Crippen LogP contribution >= 0.6 is 11.6 Å². The third-order valence-corrected chi connectivity index (χ3v) is 4.92. The first-order valence-electron chi connectivity index (χ1n) is 9.01. The maximum atomic E-state index is 12.3. The van der Waals surface area contributed by atoms with E-state index in [1.54, 1.807) is 0 Å². The number of halogens is 1. The number of nitrogens with zero attached hydrogens (tertiary/aromatic N) is 3. The molecule has 1 amide bonds. The summed E-state index contributed by atoms with van der Waals surface area (Å²) in [6.07, 6.45) is 0.568. The van der Waals surface area contributed by atoms with E-state index in [0.717, 1.165) is 56.4 Å². The maximum Gasteiger partial charge on any atom is 0.223 e. The van der Waals surface area contributed by atoms with Gasteiger partial charge in [0.25, 0.3) is 0 Å². The van der Waals surface area contributed by atoms with Gasteiger partial charge in [-0.1, -0.05) is 11.6 Å². The summed E-state index contributed by atoms with van der Waals surface area (Å²) in [5.41, 5.74) is 1.02.